The van der Waals surface area contributed by atoms with E-state index >= 15 is 0 Å². The molecule has 1 fully saturated rings. The second-order valence-electron chi connectivity index (χ2n) is 5.82. The zero-order chi connectivity index (χ0) is 19.5. The molecule has 140 valence electrons. The molecule has 0 saturated carbocycles. The average Bonchev–Trinajstić information content (AvgIpc) is 3.03. The minimum atomic E-state index is -3.81. The molecule has 1 unspecified atom stereocenters. The number of benzene rings is 1. The number of Topliss-reactive ketones (excluding diaryl/α,β-unsaturated/α-hetero) is 1. The number of hydrogen-bond donors (Lipinski definition) is 1. The summed E-state index contributed by atoms with van der Waals surface area (Å²) in [5.41, 5.74) is -1.32. The molecule has 1 saturated heterocycles. The molecule has 3 rings (SSSR count). The van der Waals surface area contributed by atoms with Gasteiger partial charge in [0.15, 0.2) is 5.78 Å². The van der Waals surface area contributed by atoms with Gasteiger partial charge in [-0.05, 0) is 43.3 Å². The third-order valence-corrected chi connectivity index (χ3v) is 5.37. The van der Waals surface area contributed by atoms with Gasteiger partial charge >= 0.3 is 5.97 Å². The van der Waals surface area contributed by atoms with Gasteiger partial charge in [-0.25, -0.2) is 18.2 Å². The Morgan fingerprint density at radius 2 is 1.96 bits per heavy atom. The maximum Gasteiger partial charge on any atom is 0.343 e. The number of nitrogens with one attached hydrogen (secondary N) is 1. The van der Waals surface area contributed by atoms with Gasteiger partial charge in [0, 0.05) is 12.6 Å². The van der Waals surface area contributed by atoms with Gasteiger partial charge in [0.2, 0.25) is 5.54 Å². The van der Waals surface area contributed by atoms with Crippen LogP contribution in [0, 0.1) is 0 Å². The molecule has 9 nitrogen and oxygen atoms in total. The van der Waals surface area contributed by atoms with E-state index in [9.17, 15) is 18.0 Å². The van der Waals surface area contributed by atoms with E-state index in [4.69, 9.17) is 4.74 Å². The fourth-order valence-electron chi connectivity index (χ4n) is 2.45. The van der Waals surface area contributed by atoms with E-state index in [0.29, 0.717) is 5.69 Å². The van der Waals surface area contributed by atoms with Crippen molar-refractivity contribution in [2.75, 3.05) is 11.3 Å². The number of sulfonamides is 1. The number of pyridine rings is 1. The highest BCUT2D eigenvalue weighted by Crippen LogP contribution is 2.28. The highest BCUT2D eigenvalue weighted by molar-refractivity contribution is 7.92. The third kappa shape index (κ3) is 3.85. The predicted molar refractivity (Wildman–Crippen MR) is 95.0 cm³/mol. The average molecular weight is 388 g/mol. The van der Waals surface area contributed by atoms with E-state index in [1.165, 1.54) is 43.5 Å². The van der Waals surface area contributed by atoms with Gasteiger partial charge < -0.3 is 4.74 Å². The number of carbonyl (C=O) groups excluding carboxylic acids is 2. The standard InChI is InChI=1S/C17H16N4O5S/c1-12(22)17(9-11-26-16(17)23)21-19-13-5-7-14(8-6-13)27(24,25)20-15-4-2-3-10-18-15/h2-8,10H,9,11H2,1H3,(H,18,20). The molecule has 1 aliphatic heterocycles. The summed E-state index contributed by atoms with van der Waals surface area (Å²) < 4.78 is 31.9. The number of aromatic nitrogens is 1. The van der Waals surface area contributed by atoms with Crippen LogP contribution in [-0.2, 0) is 24.3 Å². The number of hydrogen-bond acceptors (Lipinski definition) is 8. The molecule has 27 heavy (non-hydrogen) atoms. The molecule has 1 atom stereocenters. The summed E-state index contributed by atoms with van der Waals surface area (Å²) in [5.74, 6) is -0.977. The first kappa shape index (κ1) is 18.6. The van der Waals surface area contributed by atoms with Gasteiger partial charge in [0.05, 0.1) is 17.2 Å². The second-order valence-corrected chi connectivity index (χ2v) is 7.50. The van der Waals surface area contributed by atoms with Crippen LogP contribution in [0.25, 0.3) is 0 Å². The van der Waals surface area contributed by atoms with Crippen LogP contribution in [0.5, 0.6) is 0 Å². The van der Waals surface area contributed by atoms with Crippen molar-refractivity contribution in [2.24, 2.45) is 10.2 Å². The van der Waals surface area contributed by atoms with Crippen molar-refractivity contribution in [1.29, 1.82) is 0 Å². The van der Waals surface area contributed by atoms with Crippen LogP contribution in [0.2, 0.25) is 0 Å². The van der Waals surface area contributed by atoms with Crippen LogP contribution >= 0.6 is 0 Å². The fraction of sp³-hybridized carbons (Fsp3) is 0.235. The number of rotatable bonds is 6. The molecule has 2 heterocycles. The SMILES string of the molecule is CC(=O)C1(N=Nc2ccc(S(=O)(=O)Nc3ccccn3)cc2)CCOC1=O. The third-order valence-electron chi connectivity index (χ3n) is 4.00. The Morgan fingerprint density at radius 1 is 1.22 bits per heavy atom. The monoisotopic (exact) mass is 388 g/mol. The summed E-state index contributed by atoms with van der Waals surface area (Å²) >= 11 is 0. The molecule has 1 aromatic carbocycles. The van der Waals surface area contributed by atoms with Crippen molar-refractivity contribution in [3.8, 4) is 0 Å². The summed E-state index contributed by atoms with van der Waals surface area (Å²) in [4.78, 5) is 27.6. The smallest absolute Gasteiger partial charge is 0.343 e. The fourth-order valence-corrected chi connectivity index (χ4v) is 3.46. The first-order chi connectivity index (χ1) is 12.8. The minimum absolute atomic E-state index is 0.00802. The highest BCUT2D eigenvalue weighted by atomic mass is 32.2. The summed E-state index contributed by atoms with van der Waals surface area (Å²) in [6, 6.07) is 10.4. The van der Waals surface area contributed by atoms with E-state index in [-0.39, 0.29) is 23.7 Å². The summed E-state index contributed by atoms with van der Waals surface area (Å²) in [6.07, 6.45) is 1.60. The van der Waals surface area contributed by atoms with Crippen molar-refractivity contribution in [2.45, 2.75) is 23.8 Å². The Morgan fingerprint density at radius 3 is 2.52 bits per heavy atom. The van der Waals surface area contributed by atoms with E-state index in [2.05, 4.69) is 19.9 Å². The first-order valence-electron chi connectivity index (χ1n) is 7.99. The number of esters is 1. The quantitative estimate of drug-likeness (QED) is 0.459. The van der Waals surface area contributed by atoms with Crippen LogP contribution < -0.4 is 4.72 Å². The Kier molecular flexibility index (Phi) is 5.00. The molecular formula is C17H16N4O5S. The van der Waals surface area contributed by atoms with Gasteiger partial charge in [-0.3, -0.25) is 9.52 Å². The Labute approximate surface area is 155 Å². The van der Waals surface area contributed by atoms with Gasteiger partial charge in [0.25, 0.3) is 10.0 Å². The molecule has 0 spiro atoms. The van der Waals surface area contributed by atoms with E-state index in [1.54, 1.807) is 12.1 Å². The molecule has 1 aromatic heterocycles. The van der Waals surface area contributed by atoms with E-state index in [1.807, 2.05) is 0 Å². The molecular weight excluding hydrogens is 372 g/mol. The van der Waals surface area contributed by atoms with Crippen molar-refractivity contribution in [3.63, 3.8) is 0 Å². The molecule has 0 bridgehead atoms. The molecule has 0 aliphatic carbocycles. The number of anilines is 1. The summed E-state index contributed by atoms with van der Waals surface area (Å²) in [6.45, 7) is 1.36. The summed E-state index contributed by atoms with van der Waals surface area (Å²) in [5, 5.41) is 7.81. The van der Waals surface area contributed by atoms with Crippen molar-refractivity contribution in [1.82, 2.24) is 4.98 Å². The predicted octanol–water partition coefficient (Wildman–Crippen LogP) is 2.24. The molecule has 2 aromatic rings. The molecule has 0 radical (unpaired) electrons. The number of cyclic esters (lactones) is 1. The number of azo groups is 1. The lowest BCUT2D eigenvalue weighted by Gasteiger charge is -2.13. The lowest BCUT2D eigenvalue weighted by atomic mass is 9.95. The number of carbonyl (C=O) groups is 2. The van der Waals surface area contributed by atoms with Gasteiger partial charge in [0.1, 0.15) is 5.82 Å². The number of ketones is 1. The van der Waals surface area contributed by atoms with Crippen molar-refractivity contribution >= 4 is 33.3 Å². The zero-order valence-corrected chi connectivity index (χ0v) is 15.1. The maximum absolute atomic E-state index is 12.4. The Bertz CT molecular complexity index is 990. The molecule has 1 N–H and O–H groups in total. The van der Waals surface area contributed by atoms with Crippen molar-refractivity contribution in [3.05, 3.63) is 48.7 Å². The molecule has 0 amide bonds. The van der Waals surface area contributed by atoms with Gasteiger partial charge in [-0.1, -0.05) is 6.07 Å². The first-order valence-corrected chi connectivity index (χ1v) is 9.47. The van der Waals surface area contributed by atoms with Crippen LogP contribution in [0.15, 0.2) is 63.8 Å². The van der Waals surface area contributed by atoms with Crippen LogP contribution in [-0.4, -0.2) is 37.3 Å². The highest BCUT2D eigenvalue weighted by Gasteiger charge is 2.50. The zero-order valence-electron chi connectivity index (χ0n) is 14.3. The van der Waals surface area contributed by atoms with Gasteiger partial charge in [-0.15, -0.1) is 0 Å². The second kappa shape index (κ2) is 7.23. The van der Waals surface area contributed by atoms with Crippen LogP contribution in [0.4, 0.5) is 11.5 Å². The molecule has 1 aliphatic rings. The number of ether oxygens (including phenoxy) is 1. The van der Waals surface area contributed by atoms with Crippen LogP contribution in [0.3, 0.4) is 0 Å². The normalized spacial score (nSPS) is 19.8. The van der Waals surface area contributed by atoms with Crippen molar-refractivity contribution < 1.29 is 22.7 Å². The Hall–Kier alpha value is -3.14. The van der Waals surface area contributed by atoms with E-state index in [0.717, 1.165) is 0 Å². The lowest BCUT2D eigenvalue weighted by Crippen LogP contribution is -2.39. The maximum atomic E-state index is 12.4. The lowest BCUT2D eigenvalue weighted by molar-refractivity contribution is -0.145. The minimum Gasteiger partial charge on any atom is -0.463 e. The largest absolute Gasteiger partial charge is 0.463 e. The van der Waals surface area contributed by atoms with E-state index < -0.39 is 27.3 Å². The summed E-state index contributed by atoms with van der Waals surface area (Å²) in [7, 11) is -3.81. The molecule has 10 heteroatoms. The number of nitrogens with zero attached hydrogens (tertiary/aromatic N) is 3. The topological polar surface area (TPSA) is 127 Å². The Balaban J connectivity index is 1.79. The van der Waals surface area contributed by atoms with Gasteiger partial charge in [-0.2, -0.15) is 10.2 Å². The van der Waals surface area contributed by atoms with Crippen LogP contribution in [0.1, 0.15) is 13.3 Å².